The maximum Gasteiger partial charge on any atom is 0.204 e. The molecule has 1 heterocycles. The van der Waals surface area contributed by atoms with E-state index in [2.05, 4.69) is 40.9 Å². The van der Waals surface area contributed by atoms with Crippen LogP contribution in [0.3, 0.4) is 0 Å². The number of rotatable bonds is 13. The lowest BCUT2D eigenvalue weighted by Crippen LogP contribution is -2.51. The third kappa shape index (κ3) is 10.7. The van der Waals surface area contributed by atoms with Crippen molar-refractivity contribution in [1.29, 1.82) is 0 Å². The molecule has 0 spiro atoms. The summed E-state index contributed by atoms with van der Waals surface area (Å²) >= 11 is 1.52. The number of piperazine rings is 1. The molecule has 0 radical (unpaired) electrons. The van der Waals surface area contributed by atoms with E-state index in [-0.39, 0.29) is 0 Å². The predicted molar refractivity (Wildman–Crippen MR) is 114 cm³/mol. The standard InChI is InChI=1S/C19H41N5OS/c1-4-6-8-9-11-21-19(25)22-18(20)26-16-23-13-14-24(17(3)15-23)12-10-7-5-2/h17,19,21,25H,4-16H2,1-3H3,(H2,20,22). The summed E-state index contributed by atoms with van der Waals surface area (Å²) < 4.78 is 0. The first-order valence-electron chi connectivity index (χ1n) is 10.4. The number of hydrogen-bond donors (Lipinski definition) is 3. The second kappa shape index (κ2) is 14.7. The van der Waals surface area contributed by atoms with E-state index < -0.39 is 6.35 Å². The zero-order valence-corrected chi connectivity index (χ0v) is 17.9. The molecule has 4 N–H and O–H groups in total. The highest BCUT2D eigenvalue weighted by Crippen LogP contribution is 2.14. The Hall–Kier alpha value is -0.340. The molecule has 0 saturated carbocycles. The molecule has 7 heteroatoms. The number of thioether (sulfide) groups is 1. The number of nitrogens with zero attached hydrogens (tertiary/aromatic N) is 3. The van der Waals surface area contributed by atoms with Crippen molar-refractivity contribution in [2.75, 3.05) is 38.6 Å². The number of aliphatic hydroxyl groups excluding tert-OH is 1. The third-order valence-electron chi connectivity index (χ3n) is 4.90. The maximum atomic E-state index is 9.88. The summed E-state index contributed by atoms with van der Waals surface area (Å²) in [5, 5.41) is 13.3. The summed E-state index contributed by atoms with van der Waals surface area (Å²) in [6.07, 6.45) is 7.73. The van der Waals surface area contributed by atoms with E-state index in [9.17, 15) is 5.11 Å². The van der Waals surface area contributed by atoms with Gasteiger partial charge in [0.1, 0.15) is 0 Å². The van der Waals surface area contributed by atoms with Gasteiger partial charge >= 0.3 is 0 Å². The smallest absolute Gasteiger partial charge is 0.204 e. The van der Waals surface area contributed by atoms with Gasteiger partial charge in [-0.15, -0.1) is 0 Å². The van der Waals surface area contributed by atoms with Crippen LogP contribution in [0.25, 0.3) is 0 Å². The van der Waals surface area contributed by atoms with Crippen molar-refractivity contribution in [2.45, 2.75) is 78.1 Å². The summed E-state index contributed by atoms with van der Waals surface area (Å²) in [6.45, 7) is 12.0. The van der Waals surface area contributed by atoms with Crippen LogP contribution in [0.2, 0.25) is 0 Å². The Labute approximate surface area is 165 Å². The molecular weight excluding hydrogens is 346 g/mol. The summed E-state index contributed by atoms with van der Waals surface area (Å²) in [5.41, 5.74) is 5.96. The lowest BCUT2D eigenvalue weighted by atomic mass is 10.1. The molecule has 154 valence electrons. The molecular formula is C19H41N5OS. The Bertz CT molecular complexity index is 383. The molecule has 2 atom stereocenters. The first-order chi connectivity index (χ1) is 12.6. The lowest BCUT2D eigenvalue weighted by Gasteiger charge is -2.39. The van der Waals surface area contributed by atoms with Gasteiger partial charge in [0.15, 0.2) is 5.17 Å². The van der Waals surface area contributed by atoms with E-state index >= 15 is 0 Å². The molecule has 0 bridgehead atoms. The van der Waals surface area contributed by atoms with Crippen molar-refractivity contribution in [3.05, 3.63) is 0 Å². The predicted octanol–water partition coefficient (Wildman–Crippen LogP) is 2.63. The molecule has 1 saturated heterocycles. The van der Waals surface area contributed by atoms with Crippen LogP contribution in [0, 0.1) is 0 Å². The van der Waals surface area contributed by atoms with E-state index in [0.717, 1.165) is 38.5 Å². The van der Waals surface area contributed by atoms with Gasteiger partial charge in [-0.2, -0.15) is 0 Å². The topological polar surface area (TPSA) is 77.1 Å². The van der Waals surface area contributed by atoms with Gasteiger partial charge in [0.05, 0.1) is 5.88 Å². The maximum absolute atomic E-state index is 9.88. The molecule has 1 fully saturated rings. The minimum absolute atomic E-state index is 0.455. The fourth-order valence-corrected chi connectivity index (χ4v) is 3.95. The van der Waals surface area contributed by atoms with Gasteiger partial charge in [-0.05, 0) is 32.9 Å². The molecule has 0 aromatic heterocycles. The number of hydrogen-bond acceptors (Lipinski definition) is 6. The minimum Gasteiger partial charge on any atom is -0.378 e. The number of aliphatic hydroxyl groups is 1. The highest BCUT2D eigenvalue weighted by molar-refractivity contribution is 8.13. The molecule has 2 unspecified atom stereocenters. The molecule has 0 amide bonds. The van der Waals surface area contributed by atoms with E-state index in [1.165, 1.54) is 56.8 Å². The summed E-state index contributed by atoms with van der Waals surface area (Å²) in [5.74, 6) is 0.839. The van der Waals surface area contributed by atoms with E-state index in [0.29, 0.717) is 11.2 Å². The van der Waals surface area contributed by atoms with E-state index in [1.54, 1.807) is 0 Å². The van der Waals surface area contributed by atoms with Crippen LogP contribution in [0.4, 0.5) is 0 Å². The normalized spacial score (nSPS) is 21.2. The third-order valence-corrected chi connectivity index (χ3v) is 5.80. The first kappa shape index (κ1) is 23.7. The van der Waals surface area contributed by atoms with Gasteiger partial charge < -0.3 is 10.8 Å². The van der Waals surface area contributed by atoms with Crippen molar-refractivity contribution < 1.29 is 5.11 Å². The molecule has 6 nitrogen and oxygen atoms in total. The van der Waals surface area contributed by atoms with Crippen LogP contribution in [0.1, 0.15) is 65.7 Å². The largest absolute Gasteiger partial charge is 0.378 e. The quantitative estimate of drug-likeness (QED) is 0.195. The molecule has 1 rings (SSSR count). The van der Waals surface area contributed by atoms with Crippen molar-refractivity contribution in [3.8, 4) is 0 Å². The lowest BCUT2D eigenvalue weighted by molar-refractivity contribution is 0.0948. The Balaban J connectivity index is 2.18. The van der Waals surface area contributed by atoms with Crippen molar-refractivity contribution in [3.63, 3.8) is 0 Å². The van der Waals surface area contributed by atoms with Crippen LogP contribution < -0.4 is 11.1 Å². The van der Waals surface area contributed by atoms with Crippen LogP contribution in [-0.2, 0) is 0 Å². The summed E-state index contributed by atoms with van der Waals surface area (Å²) in [4.78, 5) is 9.15. The monoisotopic (exact) mass is 387 g/mol. The Kier molecular flexibility index (Phi) is 13.4. The van der Waals surface area contributed by atoms with Gasteiger partial charge in [0.2, 0.25) is 6.35 Å². The molecule has 26 heavy (non-hydrogen) atoms. The fraction of sp³-hybridized carbons (Fsp3) is 0.947. The van der Waals surface area contributed by atoms with Crippen molar-refractivity contribution in [2.24, 2.45) is 10.7 Å². The van der Waals surface area contributed by atoms with Gasteiger partial charge in [-0.1, -0.05) is 57.7 Å². The van der Waals surface area contributed by atoms with Gasteiger partial charge in [0.25, 0.3) is 0 Å². The minimum atomic E-state index is -0.890. The molecule has 1 aliphatic heterocycles. The van der Waals surface area contributed by atoms with E-state index in [4.69, 9.17) is 5.73 Å². The Morgan fingerprint density at radius 1 is 1.19 bits per heavy atom. The molecule has 0 aromatic rings. The molecule has 0 aromatic carbocycles. The summed E-state index contributed by atoms with van der Waals surface area (Å²) in [7, 11) is 0. The number of amidine groups is 1. The van der Waals surface area contributed by atoms with Crippen molar-refractivity contribution in [1.82, 2.24) is 15.1 Å². The SMILES string of the molecule is CCCCCCNC(O)/N=C(\N)SCN1CCN(CCCCC)C(C)C1. The number of unbranched alkanes of at least 4 members (excludes halogenated alkanes) is 5. The zero-order valence-electron chi connectivity index (χ0n) is 17.1. The Morgan fingerprint density at radius 3 is 2.62 bits per heavy atom. The van der Waals surface area contributed by atoms with Crippen LogP contribution >= 0.6 is 11.8 Å². The van der Waals surface area contributed by atoms with E-state index in [1.807, 2.05) is 0 Å². The second-order valence-electron chi connectivity index (χ2n) is 7.30. The number of nitrogens with two attached hydrogens (primary N) is 1. The Morgan fingerprint density at radius 2 is 1.92 bits per heavy atom. The van der Waals surface area contributed by atoms with Gasteiger partial charge in [-0.3, -0.25) is 15.1 Å². The first-order valence-corrected chi connectivity index (χ1v) is 11.4. The van der Waals surface area contributed by atoms with Crippen LogP contribution in [0.5, 0.6) is 0 Å². The average Bonchev–Trinajstić information content (AvgIpc) is 2.61. The number of nitrogens with one attached hydrogen (secondary N) is 1. The van der Waals surface area contributed by atoms with Gasteiger partial charge in [0, 0.05) is 25.7 Å². The molecule has 1 aliphatic rings. The van der Waals surface area contributed by atoms with Crippen molar-refractivity contribution >= 4 is 16.9 Å². The van der Waals surface area contributed by atoms with Gasteiger partial charge in [-0.25, -0.2) is 4.99 Å². The van der Waals surface area contributed by atoms with Crippen LogP contribution in [-0.4, -0.2) is 71.1 Å². The highest BCUT2D eigenvalue weighted by Gasteiger charge is 2.23. The number of aliphatic imine (C=N–C) groups is 1. The second-order valence-corrected chi connectivity index (χ2v) is 8.26. The molecule has 0 aliphatic carbocycles. The highest BCUT2D eigenvalue weighted by atomic mass is 32.2. The fourth-order valence-electron chi connectivity index (χ4n) is 3.23. The summed E-state index contributed by atoms with van der Waals surface area (Å²) in [6, 6.07) is 0.592. The zero-order chi connectivity index (χ0) is 19.2. The average molecular weight is 388 g/mol. The van der Waals surface area contributed by atoms with Crippen LogP contribution in [0.15, 0.2) is 4.99 Å².